The van der Waals surface area contributed by atoms with Gasteiger partial charge in [0.2, 0.25) is 5.91 Å². The smallest absolute Gasteiger partial charge is 0.326 e. The minimum absolute atomic E-state index is 0.129. The molecule has 0 fully saturated rings. The van der Waals surface area contributed by atoms with Gasteiger partial charge in [-0.1, -0.05) is 48.5 Å². The van der Waals surface area contributed by atoms with E-state index < -0.39 is 17.9 Å². The molecule has 1 atom stereocenters. The van der Waals surface area contributed by atoms with Gasteiger partial charge in [-0.2, -0.15) is 5.10 Å². The number of hydrogen-bond donors (Lipinski definition) is 3. The lowest BCUT2D eigenvalue weighted by atomic mass is 10.1. The molecule has 1 heterocycles. The lowest BCUT2D eigenvalue weighted by molar-refractivity contribution is -0.141. The maximum Gasteiger partial charge on any atom is 0.326 e. The summed E-state index contributed by atoms with van der Waals surface area (Å²) in [5.74, 6) is -1.58. The summed E-state index contributed by atoms with van der Waals surface area (Å²) in [6.45, 7) is 0. The highest BCUT2D eigenvalue weighted by atomic mass is 16.4. The lowest BCUT2D eigenvalue weighted by Crippen LogP contribution is -2.43. The van der Waals surface area contributed by atoms with Gasteiger partial charge < -0.3 is 10.4 Å². The number of benzene rings is 2. The van der Waals surface area contributed by atoms with Crippen LogP contribution in [0.1, 0.15) is 11.3 Å². The molecule has 0 saturated heterocycles. The molecule has 3 rings (SSSR count). The Hall–Kier alpha value is -3.48. The number of aromatic amines is 1. The van der Waals surface area contributed by atoms with Gasteiger partial charge >= 0.3 is 5.97 Å². The number of aliphatic carboxylic acids is 1. The van der Waals surface area contributed by atoms with Crippen molar-refractivity contribution in [2.45, 2.75) is 18.9 Å². The molecule has 0 aliphatic rings. The maximum atomic E-state index is 12.3. The van der Waals surface area contributed by atoms with Gasteiger partial charge in [-0.25, -0.2) is 9.89 Å². The highest BCUT2D eigenvalue weighted by Crippen LogP contribution is 2.13. The van der Waals surface area contributed by atoms with E-state index in [-0.39, 0.29) is 18.4 Å². The van der Waals surface area contributed by atoms with Crippen molar-refractivity contribution in [2.75, 3.05) is 0 Å². The van der Waals surface area contributed by atoms with E-state index in [1.807, 2.05) is 18.2 Å². The zero-order valence-electron chi connectivity index (χ0n) is 13.8. The van der Waals surface area contributed by atoms with E-state index in [0.29, 0.717) is 16.5 Å². The van der Waals surface area contributed by atoms with Crippen LogP contribution in [0.25, 0.3) is 10.8 Å². The molecule has 1 amide bonds. The van der Waals surface area contributed by atoms with E-state index >= 15 is 0 Å². The van der Waals surface area contributed by atoms with Gasteiger partial charge in [0.05, 0.1) is 17.5 Å². The molecule has 0 saturated carbocycles. The molecule has 26 heavy (non-hydrogen) atoms. The summed E-state index contributed by atoms with van der Waals surface area (Å²) in [6.07, 6.45) is 0.0532. The molecule has 0 aliphatic heterocycles. The van der Waals surface area contributed by atoms with Gasteiger partial charge in [0.1, 0.15) is 6.04 Å². The topological polar surface area (TPSA) is 112 Å². The van der Waals surface area contributed by atoms with Crippen molar-refractivity contribution in [1.29, 1.82) is 0 Å². The lowest BCUT2D eigenvalue weighted by Gasteiger charge is -2.15. The van der Waals surface area contributed by atoms with Gasteiger partial charge in [-0.15, -0.1) is 0 Å². The van der Waals surface area contributed by atoms with Crippen LogP contribution in [0.15, 0.2) is 59.4 Å². The second-order valence-electron chi connectivity index (χ2n) is 5.87. The molecule has 1 aromatic heterocycles. The van der Waals surface area contributed by atoms with Crippen LogP contribution in [0.3, 0.4) is 0 Å². The van der Waals surface area contributed by atoms with E-state index in [9.17, 15) is 19.5 Å². The van der Waals surface area contributed by atoms with Crippen LogP contribution in [0, 0.1) is 0 Å². The fraction of sp³-hybridized carbons (Fsp3) is 0.158. The number of nitrogens with zero attached hydrogens (tertiary/aromatic N) is 1. The number of carbonyl (C=O) groups excluding carboxylic acids is 1. The van der Waals surface area contributed by atoms with Crippen LogP contribution in [0.5, 0.6) is 0 Å². The summed E-state index contributed by atoms with van der Waals surface area (Å²) in [5.41, 5.74) is 0.867. The second kappa shape index (κ2) is 7.60. The average Bonchev–Trinajstić information content (AvgIpc) is 2.64. The SMILES string of the molecule is O=C(Cc1n[nH]c(=O)c2ccccc12)N[C@@H](Cc1ccccc1)C(=O)O. The molecule has 0 unspecified atom stereocenters. The number of carbonyl (C=O) groups is 2. The first-order valence-electron chi connectivity index (χ1n) is 8.07. The Kier molecular flexibility index (Phi) is 5.07. The summed E-state index contributed by atoms with van der Waals surface area (Å²) in [5, 5.41) is 19.2. The fourth-order valence-corrected chi connectivity index (χ4v) is 2.75. The van der Waals surface area contributed by atoms with Crippen molar-refractivity contribution in [3.8, 4) is 0 Å². The minimum Gasteiger partial charge on any atom is -0.480 e. The minimum atomic E-state index is -1.11. The van der Waals surface area contributed by atoms with Crippen molar-refractivity contribution >= 4 is 22.6 Å². The van der Waals surface area contributed by atoms with Crippen LogP contribution in [0.2, 0.25) is 0 Å². The first-order valence-corrected chi connectivity index (χ1v) is 8.07. The molecule has 0 aliphatic carbocycles. The zero-order chi connectivity index (χ0) is 18.5. The number of rotatable bonds is 6. The van der Waals surface area contributed by atoms with E-state index in [1.165, 1.54) is 0 Å². The summed E-state index contributed by atoms with van der Waals surface area (Å²) in [6, 6.07) is 14.9. The van der Waals surface area contributed by atoms with Crippen molar-refractivity contribution in [2.24, 2.45) is 0 Å². The highest BCUT2D eigenvalue weighted by Gasteiger charge is 2.21. The van der Waals surface area contributed by atoms with Gasteiger partial charge in [0.25, 0.3) is 5.56 Å². The maximum absolute atomic E-state index is 12.3. The Morgan fingerprint density at radius 2 is 1.69 bits per heavy atom. The number of aromatic nitrogens is 2. The van der Waals surface area contributed by atoms with Crippen molar-refractivity contribution < 1.29 is 14.7 Å². The van der Waals surface area contributed by atoms with Crippen molar-refractivity contribution in [1.82, 2.24) is 15.5 Å². The number of amides is 1. The van der Waals surface area contributed by atoms with E-state index in [2.05, 4.69) is 15.5 Å². The van der Waals surface area contributed by atoms with E-state index in [4.69, 9.17) is 0 Å². The van der Waals surface area contributed by atoms with Crippen LogP contribution in [-0.4, -0.2) is 33.2 Å². The number of H-pyrrole nitrogens is 1. The van der Waals surface area contributed by atoms with E-state index in [0.717, 1.165) is 5.56 Å². The predicted molar refractivity (Wildman–Crippen MR) is 95.8 cm³/mol. The third-order valence-electron chi connectivity index (χ3n) is 4.02. The summed E-state index contributed by atoms with van der Waals surface area (Å²) >= 11 is 0. The van der Waals surface area contributed by atoms with Crippen molar-refractivity contribution in [3.63, 3.8) is 0 Å². The molecule has 7 nitrogen and oxygen atoms in total. The molecule has 0 bridgehead atoms. The average molecular weight is 351 g/mol. The molecule has 7 heteroatoms. The van der Waals surface area contributed by atoms with Crippen LogP contribution >= 0.6 is 0 Å². The Morgan fingerprint density at radius 3 is 2.38 bits per heavy atom. The van der Waals surface area contributed by atoms with Gasteiger partial charge in [0, 0.05) is 11.8 Å². The Balaban J connectivity index is 1.76. The molecule has 3 N–H and O–H groups in total. The molecule has 2 aromatic carbocycles. The largest absolute Gasteiger partial charge is 0.480 e. The number of carboxylic acid groups (broad SMARTS) is 1. The molecule has 0 spiro atoms. The standard InChI is InChI=1S/C19H17N3O4/c23-17(20-16(19(25)26)10-12-6-2-1-3-7-12)11-15-13-8-4-5-9-14(13)18(24)22-21-15/h1-9,16H,10-11H2,(H,20,23)(H,22,24)(H,25,26)/t16-/m0/s1. The monoisotopic (exact) mass is 351 g/mol. The molecule has 3 aromatic rings. The zero-order valence-corrected chi connectivity index (χ0v) is 13.8. The highest BCUT2D eigenvalue weighted by molar-refractivity contribution is 5.90. The molecular formula is C19H17N3O4. The number of carboxylic acids is 1. The third-order valence-corrected chi connectivity index (χ3v) is 4.02. The quantitative estimate of drug-likeness (QED) is 0.619. The summed E-state index contributed by atoms with van der Waals surface area (Å²) in [4.78, 5) is 35.6. The van der Waals surface area contributed by atoms with Gasteiger partial charge in [-0.05, 0) is 11.6 Å². The van der Waals surface area contributed by atoms with E-state index in [1.54, 1.807) is 36.4 Å². The second-order valence-corrected chi connectivity index (χ2v) is 5.87. The fourth-order valence-electron chi connectivity index (χ4n) is 2.75. The number of nitrogens with one attached hydrogen (secondary N) is 2. The number of hydrogen-bond acceptors (Lipinski definition) is 4. The van der Waals surface area contributed by atoms with Crippen LogP contribution in [0.4, 0.5) is 0 Å². The van der Waals surface area contributed by atoms with Crippen molar-refractivity contribution in [3.05, 3.63) is 76.2 Å². The molecular weight excluding hydrogens is 334 g/mol. The Bertz CT molecular complexity index is 998. The van der Waals surface area contributed by atoms with Crippen LogP contribution < -0.4 is 10.9 Å². The Morgan fingerprint density at radius 1 is 1.04 bits per heavy atom. The third kappa shape index (κ3) is 3.94. The Labute approximate surface area is 148 Å². The van der Waals surface area contributed by atoms with Crippen LogP contribution in [-0.2, 0) is 22.4 Å². The number of fused-ring (bicyclic) bond motifs is 1. The first-order chi connectivity index (χ1) is 12.5. The predicted octanol–water partition coefficient (Wildman–Crippen LogP) is 1.28. The summed E-state index contributed by atoms with van der Waals surface area (Å²) < 4.78 is 0. The normalized spacial score (nSPS) is 11.8. The summed E-state index contributed by atoms with van der Waals surface area (Å²) in [7, 11) is 0. The molecule has 0 radical (unpaired) electrons. The molecule has 132 valence electrons. The van der Waals surface area contributed by atoms with Gasteiger partial charge in [-0.3, -0.25) is 9.59 Å². The van der Waals surface area contributed by atoms with Gasteiger partial charge in [0.15, 0.2) is 0 Å². The first kappa shape index (κ1) is 17.3.